The summed E-state index contributed by atoms with van der Waals surface area (Å²) in [6, 6.07) is 6.45. The highest BCUT2D eigenvalue weighted by Gasteiger charge is 2.19. The van der Waals surface area contributed by atoms with Crippen LogP contribution in [0.3, 0.4) is 0 Å². The molecule has 2 N–H and O–H groups in total. The molecule has 2 rings (SSSR count). The molecule has 0 saturated heterocycles. The predicted molar refractivity (Wildman–Crippen MR) is 68.5 cm³/mol. The van der Waals surface area contributed by atoms with Crippen LogP contribution in [0, 0.1) is 0 Å². The first kappa shape index (κ1) is 12.1. The van der Waals surface area contributed by atoms with Crippen molar-refractivity contribution in [3.05, 3.63) is 34.9 Å². The average molecular weight is 232 g/mol. The molecule has 1 aliphatic heterocycles. The van der Waals surface area contributed by atoms with Crippen LogP contribution in [0.2, 0.25) is 0 Å². The molecule has 0 aromatic heterocycles. The van der Waals surface area contributed by atoms with Crippen LogP contribution in [0.5, 0.6) is 0 Å². The number of carbonyl (C=O) groups is 1. The quantitative estimate of drug-likeness (QED) is 0.847. The minimum Gasteiger partial charge on any atom is -0.338 e. The zero-order valence-electron chi connectivity index (χ0n) is 10.6. The maximum atomic E-state index is 11.7. The van der Waals surface area contributed by atoms with Gasteiger partial charge < -0.3 is 10.6 Å². The van der Waals surface area contributed by atoms with Crippen molar-refractivity contribution in [2.75, 3.05) is 6.54 Å². The Balaban J connectivity index is 2.23. The van der Waals surface area contributed by atoms with Gasteiger partial charge in [-0.2, -0.15) is 0 Å². The van der Waals surface area contributed by atoms with Gasteiger partial charge >= 0.3 is 0 Å². The van der Waals surface area contributed by atoms with E-state index in [1.165, 1.54) is 11.1 Å². The van der Waals surface area contributed by atoms with Gasteiger partial charge in [-0.1, -0.05) is 25.1 Å². The van der Waals surface area contributed by atoms with E-state index in [-0.39, 0.29) is 11.9 Å². The highest BCUT2D eigenvalue weighted by atomic mass is 16.2. The fourth-order valence-electron chi connectivity index (χ4n) is 2.30. The molecule has 1 aromatic carbocycles. The van der Waals surface area contributed by atoms with Gasteiger partial charge in [0.15, 0.2) is 0 Å². The Morgan fingerprint density at radius 3 is 2.88 bits per heavy atom. The maximum Gasteiger partial charge on any atom is 0.222 e. The Labute approximate surface area is 103 Å². The van der Waals surface area contributed by atoms with Crippen LogP contribution >= 0.6 is 0 Å². The Hall–Kier alpha value is -1.35. The molecule has 3 heteroatoms. The number of nitrogens with zero attached hydrogens (tertiary/aromatic N) is 1. The molecule has 3 nitrogen and oxygen atoms in total. The van der Waals surface area contributed by atoms with Crippen LogP contribution in [-0.4, -0.2) is 17.4 Å². The number of amides is 1. The van der Waals surface area contributed by atoms with Crippen LogP contribution in [0.15, 0.2) is 18.2 Å². The molecule has 17 heavy (non-hydrogen) atoms. The van der Waals surface area contributed by atoms with Crippen LogP contribution in [0.1, 0.15) is 43.0 Å². The summed E-state index contributed by atoms with van der Waals surface area (Å²) in [7, 11) is 0. The second kappa shape index (κ2) is 4.88. The summed E-state index contributed by atoms with van der Waals surface area (Å²) in [5.74, 6) is 0.238. The molecule has 1 amide bonds. The summed E-state index contributed by atoms with van der Waals surface area (Å²) in [5, 5.41) is 0. The summed E-state index contributed by atoms with van der Waals surface area (Å²) in [6.07, 6.45) is 1.54. The lowest BCUT2D eigenvalue weighted by atomic mass is 9.95. The number of fused-ring (bicyclic) bond motifs is 1. The van der Waals surface area contributed by atoms with Gasteiger partial charge in [0.25, 0.3) is 0 Å². The maximum absolute atomic E-state index is 11.7. The van der Waals surface area contributed by atoms with Gasteiger partial charge in [0, 0.05) is 25.6 Å². The predicted octanol–water partition coefficient (Wildman–Crippen LogP) is 2.00. The monoisotopic (exact) mass is 232 g/mol. The Kier molecular flexibility index (Phi) is 3.48. The summed E-state index contributed by atoms with van der Waals surface area (Å²) in [6.45, 7) is 5.48. The van der Waals surface area contributed by atoms with Gasteiger partial charge in [0.2, 0.25) is 5.91 Å². The molecule has 0 aliphatic carbocycles. The summed E-state index contributed by atoms with van der Waals surface area (Å²) < 4.78 is 0. The highest BCUT2D eigenvalue weighted by molar-refractivity contribution is 5.76. The van der Waals surface area contributed by atoms with Crippen LogP contribution < -0.4 is 5.73 Å². The zero-order valence-corrected chi connectivity index (χ0v) is 10.6. The third-order valence-corrected chi connectivity index (χ3v) is 3.42. The molecule has 1 unspecified atom stereocenters. The lowest BCUT2D eigenvalue weighted by Crippen LogP contribution is -2.35. The molecule has 0 radical (unpaired) electrons. The number of hydrogen-bond donors (Lipinski definition) is 1. The van der Waals surface area contributed by atoms with Crippen molar-refractivity contribution in [2.24, 2.45) is 5.73 Å². The Bertz CT molecular complexity index is 426. The van der Waals surface area contributed by atoms with E-state index in [4.69, 9.17) is 5.73 Å². The van der Waals surface area contributed by atoms with Crippen molar-refractivity contribution < 1.29 is 4.79 Å². The summed E-state index contributed by atoms with van der Waals surface area (Å²) in [4.78, 5) is 13.6. The minimum absolute atomic E-state index is 0.0533. The van der Waals surface area contributed by atoms with E-state index in [2.05, 4.69) is 18.2 Å². The SMILES string of the molecule is CCC(=O)N1CCc2ccc(C(C)N)cc2C1. The van der Waals surface area contributed by atoms with Gasteiger partial charge in [0.05, 0.1) is 0 Å². The standard InChI is InChI=1S/C14H20N2O/c1-3-14(17)16-7-6-11-4-5-12(10(2)15)8-13(11)9-16/h4-5,8,10H,3,6-7,9,15H2,1-2H3. The van der Waals surface area contributed by atoms with E-state index in [9.17, 15) is 4.79 Å². The molecule has 1 atom stereocenters. The largest absolute Gasteiger partial charge is 0.338 e. The highest BCUT2D eigenvalue weighted by Crippen LogP contribution is 2.22. The van der Waals surface area contributed by atoms with Crippen molar-refractivity contribution in [3.8, 4) is 0 Å². The molecule has 0 bridgehead atoms. The number of carbonyl (C=O) groups excluding carboxylic acids is 1. The van der Waals surface area contributed by atoms with Crippen molar-refractivity contribution in [3.63, 3.8) is 0 Å². The van der Waals surface area contributed by atoms with Crippen molar-refractivity contribution in [1.82, 2.24) is 4.90 Å². The van der Waals surface area contributed by atoms with Crippen molar-refractivity contribution in [1.29, 1.82) is 0 Å². The molecule has 92 valence electrons. The number of benzene rings is 1. The normalized spacial score (nSPS) is 16.5. The molecule has 1 aromatic rings. The summed E-state index contributed by atoms with van der Waals surface area (Å²) in [5.41, 5.74) is 9.65. The van der Waals surface area contributed by atoms with E-state index >= 15 is 0 Å². The van der Waals surface area contributed by atoms with E-state index in [0.717, 1.165) is 25.1 Å². The molecule has 0 saturated carbocycles. The number of hydrogen-bond acceptors (Lipinski definition) is 2. The van der Waals surface area contributed by atoms with Gasteiger partial charge in [-0.3, -0.25) is 4.79 Å². The first-order valence-corrected chi connectivity index (χ1v) is 6.27. The van der Waals surface area contributed by atoms with E-state index < -0.39 is 0 Å². The van der Waals surface area contributed by atoms with Crippen molar-refractivity contribution in [2.45, 2.75) is 39.3 Å². The molecule has 0 spiro atoms. The van der Waals surface area contributed by atoms with Crippen molar-refractivity contribution >= 4 is 5.91 Å². The summed E-state index contributed by atoms with van der Waals surface area (Å²) >= 11 is 0. The number of nitrogens with two attached hydrogens (primary N) is 1. The van der Waals surface area contributed by atoms with E-state index in [1.807, 2.05) is 18.7 Å². The lowest BCUT2D eigenvalue weighted by molar-refractivity contribution is -0.131. The third kappa shape index (κ3) is 2.50. The smallest absolute Gasteiger partial charge is 0.222 e. The molecule has 1 heterocycles. The first-order chi connectivity index (χ1) is 8.11. The second-order valence-corrected chi connectivity index (χ2v) is 4.74. The Morgan fingerprint density at radius 1 is 1.47 bits per heavy atom. The molecule has 0 fully saturated rings. The number of rotatable bonds is 2. The fraction of sp³-hybridized carbons (Fsp3) is 0.500. The van der Waals surface area contributed by atoms with Crippen LogP contribution in [-0.2, 0) is 17.8 Å². The molecular weight excluding hydrogens is 212 g/mol. The fourth-order valence-corrected chi connectivity index (χ4v) is 2.30. The van der Waals surface area contributed by atoms with E-state index in [0.29, 0.717) is 6.42 Å². The van der Waals surface area contributed by atoms with E-state index in [1.54, 1.807) is 0 Å². The minimum atomic E-state index is 0.0533. The topological polar surface area (TPSA) is 46.3 Å². The van der Waals surface area contributed by atoms with Gasteiger partial charge in [-0.15, -0.1) is 0 Å². The first-order valence-electron chi connectivity index (χ1n) is 6.27. The van der Waals surface area contributed by atoms with Crippen LogP contribution in [0.25, 0.3) is 0 Å². The van der Waals surface area contributed by atoms with Gasteiger partial charge in [0.1, 0.15) is 0 Å². The van der Waals surface area contributed by atoms with Gasteiger partial charge in [-0.05, 0) is 30.0 Å². The lowest BCUT2D eigenvalue weighted by Gasteiger charge is -2.29. The zero-order chi connectivity index (χ0) is 12.4. The average Bonchev–Trinajstić information content (AvgIpc) is 2.36. The third-order valence-electron chi connectivity index (χ3n) is 3.42. The Morgan fingerprint density at radius 2 is 2.24 bits per heavy atom. The van der Waals surface area contributed by atoms with Gasteiger partial charge in [-0.25, -0.2) is 0 Å². The second-order valence-electron chi connectivity index (χ2n) is 4.74. The molecule has 1 aliphatic rings. The van der Waals surface area contributed by atoms with Crippen LogP contribution in [0.4, 0.5) is 0 Å². The molecular formula is C14H20N2O.